The number of hydrogen-bond donors (Lipinski definition) is 2. The molecule has 0 aliphatic carbocycles. The van der Waals surface area contributed by atoms with Gasteiger partial charge in [-0.3, -0.25) is 0 Å². The van der Waals surface area contributed by atoms with Crippen molar-refractivity contribution in [3.63, 3.8) is 0 Å². The first-order valence-corrected chi connectivity index (χ1v) is 3.88. The fourth-order valence-corrected chi connectivity index (χ4v) is 0.620. The summed E-state index contributed by atoms with van der Waals surface area (Å²) in [5.41, 5.74) is 12.5. The smallest absolute Gasteiger partial charge is 0.0224 e. The molecule has 0 aromatic rings. The fourth-order valence-electron chi connectivity index (χ4n) is 0.620. The van der Waals surface area contributed by atoms with Crippen molar-refractivity contribution in [2.45, 2.75) is 32.4 Å². The Morgan fingerprint density at radius 2 is 2.09 bits per heavy atom. The largest absolute Gasteiger partial charge is 0.327 e. The molecule has 0 saturated carbocycles. The second-order valence-corrected chi connectivity index (χ2v) is 2.91. The molecule has 0 aliphatic heterocycles. The molecule has 0 spiro atoms. The molecule has 4 N–H and O–H groups in total. The predicted molar refractivity (Wildman–Crippen MR) is 50.2 cm³/mol. The average Bonchev–Trinajstić information content (AvgIpc) is 1.99. The van der Waals surface area contributed by atoms with Gasteiger partial charge in [-0.2, -0.15) is 0 Å². The zero-order chi connectivity index (χ0) is 8.85. The molecule has 1 unspecified atom stereocenters. The molecule has 0 amide bonds. The molecule has 0 saturated heterocycles. The van der Waals surface area contributed by atoms with Crippen LogP contribution in [0.25, 0.3) is 0 Å². The Balaban J connectivity index is 3.77. The van der Waals surface area contributed by atoms with Crippen LogP contribution in [0.15, 0.2) is 24.3 Å². The first kappa shape index (κ1) is 10.4. The van der Waals surface area contributed by atoms with E-state index in [-0.39, 0.29) is 12.1 Å². The van der Waals surface area contributed by atoms with Crippen molar-refractivity contribution in [3.8, 4) is 0 Å². The minimum absolute atomic E-state index is 0.0591. The quantitative estimate of drug-likeness (QED) is 0.597. The van der Waals surface area contributed by atoms with Crippen LogP contribution in [0.1, 0.15) is 20.3 Å². The Labute approximate surface area is 69.0 Å². The van der Waals surface area contributed by atoms with Crippen LogP contribution in [0.5, 0.6) is 0 Å². The fraction of sp³-hybridized carbons (Fsp3) is 0.556. The summed E-state index contributed by atoms with van der Waals surface area (Å²) in [6, 6.07) is 0.119. The first-order chi connectivity index (χ1) is 5.07. The molecule has 11 heavy (non-hydrogen) atoms. The molecule has 2 atom stereocenters. The summed E-state index contributed by atoms with van der Waals surface area (Å²) in [6.07, 6.45) is 4.70. The van der Waals surface area contributed by atoms with E-state index in [0.29, 0.717) is 0 Å². The van der Waals surface area contributed by atoms with Crippen molar-refractivity contribution >= 4 is 0 Å². The summed E-state index contributed by atoms with van der Waals surface area (Å²) < 4.78 is 0. The SMILES string of the molecule is C=C/C(C)=C\CC(N)[C@@H](C)N. The van der Waals surface area contributed by atoms with Gasteiger partial charge in [-0.1, -0.05) is 24.3 Å². The van der Waals surface area contributed by atoms with E-state index in [1.807, 2.05) is 19.9 Å². The third kappa shape index (κ3) is 4.76. The van der Waals surface area contributed by atoms with E-state index >= 15 is 0 Å². The van der Waals surface area contributed by atoms with Crippen molar-refractivity contribution in [1.29, 1.82) is 0 Å². The molecule has 0 aromatic carbocycles. The molecule has 2 heteroatoms. The zero-order valence-corrected chi connectivity index (χ0v) is 7.38. The van der Waals surface area contributed by atoms with Crippen LogP contribution >= 0.6 is 0 Å². The molecule has 0 rings (SSSR count). The maximum Gasteiger partial charge on any atom is 0.0224 e. The van der Waals surface area contributed by atoms with Crippen LogP contribution in [0, 0.1) is 0 Å². The monoisotopic (exact) mass is 154 g/mol. The Kier molecular flexibility index (Phi) is 4.83. The molecule has 0 aromatic heterocycles. The number of allylic oxidation sites excluding steroid dienone is 2. The van der Waals surface area contributed by atoms with E-state index in [1.165, 1.54) is 0 Å². The van der Waals surface area contributed by atoms with Crippen molar-refractivity contribution in [2.75, 3.05) is 0 Å². The molecule has 64 valence electrons. The lowest BCUT2D eigenvalue weighted by atomic mass is 10.1. The average molecular weight is 154 g/mol. The van der Waals surface area contributed by atoms with E-state index in [0.717, 1.165) is 12.0 Å². The third-order valence-corrected chi connectivity index (χ3v) is 1.71. The van der Waals surface area contributed by atoms with Gasteiger partial charge in [0, 0.05) is 12.1 Å². The van der Waals surface area contributed by atoms with E-state index in [1.54, 1.807) is 0 Å². The molecule has 0 radical (unpaired) electrons. The van der Waals surface area contributed by atoms with Crippen molar-refractivity contribution < 1.29 is 0 Å². The van der Waals surface area contributed by atoms with Crippen LogP contribution < -0.4 is 11.5 Å². The Morgan fingerprint density at radius 3 is 2.45 bits per heavy atom. The van der Waals surface area contributed by atoms with E-state index in [9.17, 15) is 0 Å². The Morgan fingerprint density at radius 1 is 1.55 bits per heavy atom. The van der Waals surface area contributed by atoms with Gasteiger partial charge >= 0.3 is 0 Å². The maximum absolute atomic E-state index is 5.72. The number of hydrogen-bond acceptors (Lipinski definition) is 2. The highest BCUT2D eigenvalue weighted by molar-refractivity contribution is 5.13. The summed E-state index contributed by atoms with van der Waals surface area (Å²) in [5.74, 6) is 0. The van der Waals surface area contributed by atoms with Crippen LogP contribution in [0.4, 0.5) is 0 Å². The zero-order valence-electron chi connectivity index (χ0n) is 7.38. The van der Waals surface area contributed by atoms with Gasteiger partial charge in [0.05, 0.1) is 0 Å². The highest BCUT2D eigenvalue weighted by Gasteiger charge is 2.04. The highest BCUT2D eigenvalue weighted by atomic mass is 14.8. The molecular formula is C9H18N2. The Bertz CT molecular complexity index is 148. The van der Waals surface area contributed by atoms with Gasteiger partial charge in [0.1, 0.15) is 0 Å². The highest BCUT2D eigenvalue weighted by Crippen LogP contribution is 1.99. The summed E-state index contributed by atoms with van der Waals surface area (Å²) in [6.45, 7) is 7.56. The molecule has 0 bridgehead atoms. The second-order valence-electron chi connectivity index (χ2n) is 2.91. The molecular weight excluding hydrogens is 136 g/mol. The lowest BCUT2D eigenvalue weighted by molar-refractivity contribution is 0.565. The summed E-state index contributed by atoms with van der Waals surface area (Å²) in [7, 11) is 0. The van der Waals surface area contributed by atoms with Crippen molar-refractivity contribution in [1.82, 2.24) is 0 Å². The summed E-state index contributed by atoms with van der Waals surface area (Å²) in [5, 5.41) is 0. The van der Waals surface area contributed by atoms with E-state index in [4.69, 9.17) is 11.5 Å². The lowest BCUT2D eigenvalue weighted by Crippen LogP contribution is -2.38. The van der Waals surface area contributed by atoms with Gasteiger partial charge < -0.3 is 11.5 Å². The standard InChI is InChI=1S/C9H18N2/c1-4-7(2)5-6-9(11)8(3)10/h4-5,8-9H,1,6,10-11H2,2-3H3/b7-5-/t8-,9?/m1/s1. The van der Waals surface area contributed by atoms with Gasteiger partial charge in [-0.05, 0) is 20.3 Å². The van der Waals surface area contributed by atoms with E-state index < -0.39 is 0 Å². The van der Waals surface area contributed by atoms with Gasteiger partial charge in [-0.15, -0.1) is 0 Å². The summed E-state index contributed by atoms with van der Waals surface area (Å²) >= 11 is 0. The predicted octanol–water partition coefficient (Wildman–Crippen LogP) is 1.18. The molecule has 0 fully saturated rings. The van der Waals surface area contributed by atoms with Crippen LogP contribution in [0.3, 0.4) is 0 Å². The molecule has 2 nitrogen and oxygen atoms in total. The number of rotatable bonds is 4. The number of nitrogens with two attached hydrogens (primary N) is 2. The van der Waals surface area contributed by atoms with Crippen molar-refractivity contribution in [3.05, 3.63) is 24.3 Å². The Hall–Kier alpha value is -0.600. The van der Waals surface area contributed by atoms with E-state index in [2.05, 4.69) is 12.7 Å². The first-order valence-electron chi connectivity index (χ1n) is 3.88. The lowest BCUT2D eigenvalue weighted by Gasteiger charge is -2.12. The maximum atomic E-state index is 5.72. The van der Waals surface area contributed by atoms with Gasteiger partial charge in [0.25, 0.3) is 0 Å². The topological polar surface area (TPSA) is 52.0 Å². The van der Waals surface area contributed by atoms with Gasteiger partial charge in [-0.25, -0.2) is 0 Å². The van der Waals surface area contributed by atoms with Gasteiger partial charge in [0.2, 0.25) is 0 Å². The third-order valence-electron chi connectivity index (χ3n) is 1.71. The summed E-state index contributed by atoms with van der Waals surface area (Å²) in [4.78, 5) is 0. The normalized spacial score (nSPS) is 17.6. The minimum Gasteiger partial charge on any atom is -0.327 e. The van der Waals surface area contributed by atoms with Crippen LogP contribution in [-0.2, 0) is 0 Å². The minimum atomic E-state index is 0.0591. The van der Waals surface area contributed by atoms with Crippen LogP contribution in [0.2, 0.25) is 0 Å². The second kappa shape index (κ2) is 5.10. The molecule has 0 heterocycles. The van der Waals surface area contributed by atoms with Crippen LogP contribution in [-0.4, -0.2) is 12.1 Å². The molecule has 0 aliphatic rings. The van der Waals surface area contributed by atoms with Crippen molar-refractivity contribution in [2.24, 2.45) is 11.5 Å². The van der Waals surface area contributed by atoms with Gasteiger partial charge in [0.15, 0.2) is 0 Å².